The zero-order valence-electron chi connectivity index (χ0n) is 8.92. The minimum Gasteiger partial charge on any atom is -0.481 e. The maximum Gasteiger partial charge on any atom is 0.320 e. The Hall–Kier alpha value is -1.63. The molecule has 92 valence electrons. The second-order valence-corrected chi connectivity index (χ2v) is 3.34. The lowest BCUT2D eigenvalue weighted by Gasteiger charge is -2.24. The largest absolute Gasteiger partial charge is 0.481 e. The van der Waals surface area contributed by atoms with Crippen molar-refractivity contribution in [1.82, 2.24) is 4.90 Å². The quantitative estimate of drug-likeness (QED) is 0.527. The minimum absolute atomic E-state index is 0.0239. The van der Waals surface area contributed by atoms with E-state index in [0.717, 1.165) is 0 Å². The van der Waals surface area contributed by atoms with Gasteiger partial charge in [-0.15, -0.1) is 0 Å². The predicted molar refractivity (Wildman–Crippen MR) is 53.2 cm³/mol. The number of rotatable bonds is 8. The fourth-order valence-electron chi connectivity index (χ4n) is 1.13. The summed E-state index contributed by atoms with van der Waals surface area (Å²) in [6.45, 7) is 1.44. The Balaban J connectivity index is 4.31. The summed E-state index contributed by atoms with van der Waals surface area (Å²) in [6, 6.07) is -0.890. The maximum absolute atomic E-state index is 10.7. The number of aliphatic carboxylic acids is 3. The summed E-state index contributed by atoms with van der Waals surface area (Å²) in [5.74, 6) is -3.19. The van der Waals surface area contributed by atoms with E-state index in [0.29, 0.717) is 0 Å². The Labute approximate surface area is 92.3 Å². The van der Waals surface area contributed by atoms with Crippen LogP contribution in [-0.4, -0.2) is 57.3 Å². The van der Waals surface area contributed by atoms with Crippen molar-refractivity contribution in [1.29, 1.82) is 0 Å². The molecule has 0 aliphatic heterocycles. The highest BCUT2D eigenvalue weighted by Crippen LogP contribution is 2.02. The van der Waals surface area contributed by atoms with Crippen molar-refractivity contribution in [2.45, 2.75) is 25.8 Å². The third-order valence-corrected chi connectivity index (χ3v) is 2.13. The first kappa shape index (κ1) is 14.4. The molecule has 0 saturated heterocycles. The van der Waals surface area contributed by atoms with Gasteiger partial charge in [-0.3, -0.25) is 19.3 Å². The standard InChI is InChI=1S/C9H15NO6/c1-6(9(15)16)10(4-2-7(11)12)5-3-8(13)14/h6H,2-5H2,1H3,(H,11,12)(H,13,14)(H,15,16). The van der Waals surface area contributed by atoms with Crippen LogP contribution in [0.5, 0.6) is 0 Å². The predicted octanol–water partition coefficient (Wildman–Crippen LogP) is -0.289. The fraction of sp³-hybridized carbons (Fsp3) is 0.667. The molecule has 0 amide bonds. The molecule has 0 aromatic carbocycles. The van der Waals surface area contributed by atoms with Crippen LogP contribution in [0.3, 0.4) is 0 Å². The van der Waals surface area contributed by atoms with E-state index >= 15 is 0 Å². The van der Waals surface area contributed by atoms with Crippen molar-refractivity contribution in [3.05, 3.63) is 0 Å². The van der Waals surface area contributed by atoms with Gasteiger partial charge >= 0.3 is 17.9 Å². The Morgan fingerprint density at radius 2 is 1.38 bits per heavy atom. The van der Waals surface area contributed by atoms with Gasteiger partial charge in [0.25, 0.3) is 0 Å². The van der Waals surface area contributed by atoms with Gasteiger partial charge in [-0.05, 0) is 6.92 Å². The molecule has 7 nitrogen and oxygen atoms in total. The summed E-state index contributed by atoms with van der Waals surface area (Å²) in [7, 11) is 0. The Kier molecular flexibility index (Phi) is 6.09. The van der Waals surface area contributed by atoms with Gasteiger partial charge in [-0.2, -0.15) is 0 Å². The molecule has 0 aliphatic rings. The van der Waals surface area contributed by atoms with E-state index in [1.807, 2.05) is 0 Å². The van der Waals surface area contributed by atoms with Gasteiger partial charge in [-0.25, -0.2) is 0 Å². The topological polar surface area (TPSA) is 115 Å². The van der Waals surface area contributed by atoms with Gasteiger partial charge in [-0.1, -0.05) is 0 Å². The number of nitrogens with zero attached hydrogens (tertiary/aromatic N) is 1. The van der Waals surface area contributed by atoms with Crippen molar-refractivity contribution in [3.63, 3.8) is 0 Å². The summed E-state index contributed by atoms with van der Waals surface area (Å²) in [6.07, 6.45) is -0.422. The van der Waals surface area contributed by atoms with E-state index in [-0.39, 0.29) is 25.9 Å². The molecule has 0 fully saturated rings. The SMILES string of the molecule is CC(C(=O)O)N(CCC(=O)O)CCC(=O)O. The van der Waals surface area contributed by atoms with Crippen LogP contribution >= 0.6 is 0 Å². The van der Waals surface area contributed by atoms with Gasteiger partial charge in [0.05, 0.1) is 12.8 Å². The van der Waals surface area contributed by atoms with Crippen LogP contribution in [0.25, 0.3) is 0 Å². The molecule has 0 bridgehead atoms. The smallest absolute Gasteiger partial charge is 0.320 e. The van der Waals surface area contributed by atoms with Gasteiger partial charge in [0.1, 0.15) is 6.04 Å². The molecule has 1 unspecified atom stereocenters. The minimum atomic E-state index is -1.10. The van der Waals surface area contributed by atoms with Gasteiger partial charge in [0, 0.05) is 13.1 Å². The van der Waals surface area contributed by atoms with Gasteiger partial charge in [0.15, 0.2) is 0 Å². The van der Waals surface area contributed by atoms with Crippen LogP contribution in [0.1, 0.15) is 19.8 Å². The van der Waals surface area contributed by atoms with Crippen LogP contribution in [0.4, 0.5) is 0 Å². The Morgan fingerprint density at radius 1 is 1.00 bits per heavy atom. The van der Waals surface area contributed by atoms with Crippen LogP contribution in [-0.2, 0) is 14.4 Å². The zero-order valence-corrected chi connectivity index (χ0v) is 8.92. The average Bonchev–Trinajstić information content (AvgIpc) is 2.16. The second-order valence-electron chi connectivity index (χ2n) is 3.34. The Bertz CT molecular complexity index is 259. The van der Waals surface area contributed by atoms with Crippen molar-refractivity contribution < 1.29 is 29.7 Å². The summed E-state index contributed by atoms with van der Waals surface area (Å²) in [5, 5.41) is 25.7. The summed E-state index contributed by atoms with van der Waals surface area (Å²) >= 11 is 0. The highest BCUT2D eigenvalue weighted by molar-refractivity contribution is 5.73. The van der Waals surface area contributed by atoms with E-state index < -0.39 is 23.9 Å². The molecule has 0 rings (SSSR count). The first-order valence-corrected chi connectivity index (χ1v) is 4.75. The number of carboxylic acid groups (broad SMARTS) is 3. The number of carbonyl (C=O) groups is 3. The fourth-order valence-corrected chi connectivity index (χ4v) is 1.13. The summed E-state index contributed by atoms with van der Waals surface area (Å²) in [5.41, 5.74) is 0. The molecular weight excluding hydrogens is 218 g/mol. The molecule has 3 N–H and O–H groups in total. The lowest BCUT2D eigenvalue weighted by molar-refractivity contribution is -0.145. The lowest BCUT2D eigenvalue weighted by atomic mass is 10.2. The van der Waals surface area contributed by atoms with Crippen LogP contribution < -0.4 is 0 Å². The van der Waals surface area contributed by atoms with E-state index in [1.165, 1.54) is 11.8 Å². The number of hydrogen-bond acceptors (Lipinski definition) is 4. The molecule has 0 heterocycles. The molecule has 0 spiro atoms. The van der Waals surface area contributed by atoms with Crippen LogP contribution in [0.15, 0.2) is 0 Å². The number of hydrogen-bond donors (Lipinski definition) is 3. The van der Waals surface area contributed by atoms with Crippen LogP contribution in [0, 0.1) is 0 Å². The second kappa shape index (κ2) is 6.78. The maximum atomic E-state index is 10.7. The molecule has 1 atom stereocenters. The average molecular weight is 233 g/mol. The number of carboxylic acids is 3. The molecule has 0 saturated carbocycles. The summed E-state index contributed by atoms with van der Waals surface area (Å²) in [4.78, 5) is 32.7. The van der Waals surface area contributed by atoms with Crippen molar-refractivity contribution >= 4 is 17.9 Å². The molecule has 0 aliphatic carbocycles. The van der Waals surface area contributed by atoms with Gasteiger partial charge in [0.2, 0.25) is 0 Å². The third kappa shape index (κ3) is 5.97. The highest BCUT2D eigenvalue weighted by atomic mass is 16.4. The normalized spacial score (nSPS) is 12.4. The van der Waals surface area contributed by atoms with Gasteiger partial charge < -0.3 is 15.3 Å². The van der Waals surface area contributed by atoms with E-state index in [1.54, 1.807) is 0 Å². The molecule has 0 aromatic rings. The van der Waals surface area contributed by atoms with Crippen molar-refractivity contribution in [2.75, 3.05) is 13.1 Å². The van der Waals surface area contributed by atoms with Crippen LogP contribution in [0.2, 0.25) is 0 Å². The summed E-state index contributed by atoms with van der Waals surface area (Å²) < 4.78 is 0. The molecule has 7 heteroatoms. The molecular formula is C9H15NO6. The van der Waals surface area contributed by atoms with E-state index in [4.69, 9.17) is 15.3 Å². The highest BCUT2D eigenvalue weighted by Gasteiger charge is 2.21. The third-order valence-electron chi connectivity index (χ3n) is 2.13. The Morgan fingerprint density at radius 3 is 1.62 bits per heavy atom. The molecule has 0 radical (unpaired) electrons. The first-order chi connectivity index (χ1) is 7.34. The molecule has 0 aromatic heterocycles. The van der Waals surface area contributed by atoms with E-state index in [9.17, 15) is 14.4 Å². The van der Waals surface area contributed by atoms with Crippen molar-refractivity contribution in [3.8, 4) is 0 Å². The zero-order chi connectivity index (χ0) is 12.7. The monoisotopic (exact) mass is 233 g/mol. The van der Waals surface area contributed by atoms with Crippen molar-refractivity contribution in [2.24, 2.45) is 0 Å². The lowest BCUT2D eigenvalue weighted by Crippen LogP contribution is -2.41. The first-order valence-electron chi connectivity index (χ1n) is 4.75. The van der Waals surface area contributed by atoms with E-state index in [2.05, 4.69) is 0 Å². The molecule has 16 heavy (non-hydrogen) atoms.